The van der Waals surface area contributed by atoms with Crippen LogP contribution in [0.1, 0.15) is 28.8 Å². The van der Waals surface area contributed by atoms with Gasteiger partial charge in [0.2, 0.25) is 5.91 Å². The predicted molar refractivity (Wildman–Crippen MR) is 107 cm³/mol. The number of anilines is 1. The summed E-state index contributed by atoms with van der Waals surface area (Å²) in [6.45, 7) is 1.27. The van der Waals surface area contributed by atoms with Crippen LogP contribution in [0.15, 0.2) is 48.5 Å². The number of aryl methyl sites for hydroxylation is 1. The molecule has 0 spiro atoms. The highest BCUT2D eigenvalue weighted by atomic mass is 35.5. The number of hydrazine groups is 1. The Labute approximate surface area is 172 Å². The zero-order valence-corrected chi connectivity index (χ0v) is 16.4. The highest BCUT2D eigenvalue weighted by Crippen LogP contribution is 2.13. The highest BCUT2D eigenvalue weighted by molar-refractivity contribution is 6.30. The molecule has 0 aliphatic heterocycles. The van der Waals surface area contributed by atoms with Crippen molar-refractivity contribution < 1.29 is 23.9 Å². The first-order chi connectivity index (χ1) is 13.8. The number of halogens is 1. The molecular weight excluding hydrogens is 398 g/mol. The van der Waals surface area contributed by atoms with Crippen LogP contribution in [0.2, 0.25) is 5.02 Å². The molecule has 0 heterocycles. The molecule has 9 heteroatoms. The standard InChI is InChI=1S/C20H20ClN3O5/c1-13-4-2-3-5-16(13)22-17(25)10-11-19(27)29-12-18(26)23-24-20(28)14-6-8-15(21)9-7-14/h2-9H,10-12H2,1H3,(H,22,25)(H,23,26)(H,24,28). The summed E-state index contributed by atoms with van der Waals surface area (Å²) < 4.78 is 4.78. The first-order valence-corrected chi connectivity index (χ1v) is 9.09. The van der Waals surface area contributed by atoms with E-state index in [0.717, 1.165) is 5.56 Å². The van der Waals surface area contributed by atoms with Crippen molar-refractivity contribution in [3.63, 3.8) is 0 Å². The van der Waals surface area contributed by atoms with Crippen LogP contribution < -0.4 is 16.2 Å². The lowest BCUT2D eigenvalue weighted by atomic mass is 10.2. The van der Waals surface area contributed by atoms with Crippen molar-refractivity contribution in [3.8, 4) is 0 Å². The Morgan fingerprint density at radius 1 is 0.897 bits per heavy atom. The number of rotatable bonds is 7. The fraction of sp³-hybridized carbons (Fsp3) is 0.200. The van der Waals surface area contributed by atoms with Gasteiger partial charge in [-0.3, -0.25) is 30.0 Å². The van der Waals surface area contributed by atoms with E-state index in [1.807, 2.05) is 19.1 Å². The van der Waals surface area contributed by atoms with Gasteiger partial charge in [-0.1, -0.05) is 29.8 Å². The summed E-state index contributed by atoms with van der Waals surface area (Å²) in [5, 5.41) is 3.18. The predicted octanol–water partition coefficient (Wildman–Crippen LogP) is 2.37. The van der Waals surface area contributed by atoms with Gasteiger partial charge in [0.1, 0.15) is 0 Å². The Morgan fingerprint density at radius 3 is 2.28 bits per heavy atom. The minimum atomic E-state index is -0.718. The van der Waals surface area contributed by atoms with E-state index in [1.54, 1.807) is 12.1 Å². The third-order valence-corrected chi connectivity index (χ3v) is 4.01. The maximum absolute atomic E-state index is 11.9. The Balaban J connectivity index is 1.64. The summed E-state index contributed by atoms with van der Waals surface area (Å²) >= 11 is 5.73. The van der Waals surface area contributed by atoms with Gasteiger partial charge in [-0.25, -0.2) is 0 Å². The molecule has 3 N–H and O–H groups in total. The monoisotopic (exact) mass is 417 g/mol. The summed E-state index contributed by atoms with van der Waals surface area (Å²) in [7, 11) is 0. The van der Waals surface area contributed by atoms with Gasteiger partial charge in [-0.2, -0.15) is 0 Å². The molecule has 0 atom stereocenters. The molecule has 0 bridgehead atoms. The Bertz CT molecular complexity index is 899. The maximum Gasteiger partial charge on any atom is 0.306 e. The van der Waals surface area contributed by atoms with Gasteiger partial charge in [-0.15, -0.1) is 0 Å². The number of carbonyl (C=O) groups excluding carboxylic acids is 4. The number of carbonyl (C=O) groups is 4. The summed E-state index contributed by atoms with van der Waals surface area (Å²) in [5.74, 6) is -2.31. The first-order valence-electron chi connectivity index (χ1n) is 8.71. The number of benzene rings is 2. The fourth-order valence-electron chi connectivity index (χ4n) is 2.20. The van der Waals surface area contributed by atoms with E-state index < -0.39 is 24.4 Å². The molecule has 0 radical (unpaired) electrons. The van der Waals surface area contributed by atoms with Gasteiger partial charge in [0.05, 0.1) is 6.42 Å². The third-order valence-electron chi connectivity index (χ3n) is 3.76. The number of hydrogen-bond acceptors (Lipinski definition) is 5. The van der Waals surface area contributed by atoms with Crippen LogP contribution in [0.3, 0.4) is 0 Å². The van der Waals surface area contributed by atoms with Crippen LogP contribution in [-0.4, -0.2) is 30.3 Å². The minimum absolute atomic E-state index is 0.0813. The van der Waals surface area contributed by atoms with Crippen LogP contribution >= 0.6 is 11.6 Å². The minimum Gasteiger partial charge on any atom is -0.455 e. The summed E-state index contributed by atoms with van der Waals surface area (Å²) in [6, 6.07) is 13.3. The highest BCUT2D eigenvalue weighted by Gasteiger charge is 2.12. The number of ether oxygens (including phenoxy) is 1. The van der Waals surface area contributed by atoms with E-state index in [4.69, 9.17) is 16.3 Å². The van der Waals surface area contributed by atoms with Gasteiger partial charge in [0.25, 0.3) is 11.8 Å². The molecule has 2 aromatic rings. The van der Waals surface area contributed by atoms with E-state index in [2.05, 4.69) is 16.2 Å². The number of hydrogen-bond donors (Lipinski definition) is 3. The van der Waals surface area contributed by atoms with E-state index >= 15 is 0 Å². The molecule has 2 aromatic carbocycles. The van der Waals surface area contributed by atoms with Crippen molar-refractivity contribution in [1.29, 1.82) is 0 Å². The fourth-order valence-corrected chi connectivity index (χ4v) is 2.32. The Kier molecular flexibility index (Phi) is 8.17. The van der Waals surface area contributed by atoms with Crippen molar-refractivity contribution in [3.05, 3.63) is 64.7 Å². The van der Waals surface area contributed by atoms with Crippen LogP contribution in [0, 0.1) is 6.92 Å². The lowest BCUT2D eigenvalue weighted by molar-refractivity contribution is -0.149. The molecule has 0 aliphatic carbocycles. The van der Waals surface area contributed by atoms with Crippen LogP contribution in [-0.2, 0) is 19.1 Å². The topological polar surface area (TPSA) is 114 Å². The van der Waals surface area contributed by atoms with Gasteiger partial charge in [-0.05, 0) is 42.8 Å². The summed E-state index contributed by atoms with van der Waals surface area (Å²) in [4.78, 5) is 47.0. The second kappa shape index (κ2) is 10.8. The van der Waals surface area contributed by atoms with Crippen LogP contribution in [0.5, 0.6) is 0 Å². The quantitative estimate of drug-likeness (QED) is 0.472. The Morgan fingerprint density at radius 2 is 1.59 bits per heavy atom. The zero-order chi connectivity index (χ0) is 21.2. The van der Waals surface area contributed by atoms with Crippen LogP contribution in [0.25, 0.3) is 0 Å². The molecule has 0 fully saturated rings. The molecule has 29 heavy (non-hydrogen) atoms. The lowest BCUT2D eigenvalue weighted by Gasteiger charge is -2.09. The number of para-hydroxylation sites is 1. The molecule has 2 rings (SSSR count). The first kappa shape index (κ1) is 21.9. The molecule has 0 aromatic heterocycles. The second-order valence-electron chi connectivity index (χ2n) is 6.03. The zero-order valence-electron chi connectivity index (χ0n) is 15.7. The number of nitrogens with one attached hydrogen (secondary N) is 3. The molecular formula is C20H20ClN3O5. The second-order valence-corrected chi connectivity index (χ2v) is 6.47. The average Bonchev–Trinajstić information content (AvgIpc) is 2.71. The number of esters is 1. The summed E-state index contributed by atoms with van der Waals surface area (Å²) in [6.07, 6.45) is -0.260. The van der Waals surface area contributed by atoms with E-state index in [9.17, 15) is 19.2 Å². The maximum atomic E-state index is 11.9. The molecule has 0 unspecified atom stereocenters. The van der Waals surface area contributed by atoms with Crippen molar-refractivity contribution in [2.45, 2.75) is 19.8 Å². The van der Waals surface area contributed by atoms with Crippen molar-refractivity contribution in [1.82, 2.24) is 10.9 Å². The van der Waals surface area contributed by atoms with Gasteiger partial charge < -0.3 is 10.1 Å². The number of amides is 3. The molecule has 8 nitrogen and oxygen atoms in total. The van der Waals surface area contributed by atoms with E-state index in [-0.39, 0.29) is 18.7 Å². The third kappa shape index (κ3) is 7.63. The molecule has 3 amide bonds. The van der Waals surface area contributed by atoms with Gasteiger partial charge in [0, 0.05) is 22.7 Å². The van der Waals surface area contributed by atoms with Crippen molar-refractivity contribution in [2.75, 3.05) is 11.9 Å². The largest absolute Gasteiger partial charge is 0.455 e. The van der Waals surface area contributed by atoms with Gasteiger partial charge >= 0.3 is 5.97 Å². The normalized spacial score (nSPS) is 10.0. The molecule has 152 valence electrons. The molecule has 0 aliphatic rings. The van der Waals surface area contributed by atoms with E-state index in [1.165, 1.54) is 24.3 Å². The SMILES string of the molecule is Cc1ccccc1NC(=O)CCC(=O)OCC(=O)NNC(=O)c1ccc(Cl)cc1. The Hall–Kier alpha value is -3.39. The van der Waals surface area contributed by atoms with Crippen LogP contribution in [0.4, 0.5) is 5.69 Å². The van der Waals surface area contributed by atoms with Crippen molar-refractivity contribution >= 4 is 41.0 Å². The average molecular weight is 418 g/mol. The van der Waals surface area contributed by atoms with E-state index in [0.29, 0.717) is 16.3 Å². The molecule has 0 saturated carbocycles. The summed E-state index contributed by atoms with van der Waals surface area (Å²) in [5.41, 5.74) is 6.18. The smallest absolute Gasteiger partial charge is 0.306 e. The molecule has 0 saturated heterocycles. The van der Waals surface area contributed by atoms with Crippen molar-refractivity contribution in [2.24, 2.45) is 0 Å². The lowest BCUT2D eigenvalue weighted by Crippen LogP contribution is -2.43. The van der Waals surface area contributed by atoms with Gasteiger partial charge in [0.15, 0.2) is 6.61 Å².